The van der Waals surface area contributed by atoms with Crippen LogP contribution in [0.4, 0.5) is 23.1 Å². The van der Waals surface area contributed by atoms with E-state index in [4.69, 9.17) is 19.2 Å². The van der Waals surface area contributed by atoms with Crippen molar-refractivity contribution in [3.05, 3.63) is 73.1 Å². The summed E-state index contributed by atoms with van der Waals surface area (Å²) in [5.41, 5.74) is 2.60. The van der Waals surface area contributed by atoms with Crippen molar-refractivity contribution in [1.29, 1.82) is 0 Å². The second kappa shape index (κ2) is 10.5. The number of para-hydroxylation sites is 1. The van der Waals surface area contributed by atoms with Gasteiger partial charge in [-0.15, -0.1) is 0 Å². The van der Waals surface area contributed by atoms with Gasteiger partial charge in [0.15, 0.2) is 11.5 Å². The Kier molecular flexibility index (Phi) is 7.07. The zero-order valence-corrected chi connectivity index (χ0v) is 19.6. The number of nitrogens with one attached hydrogen (secondary N) is 1. The molecule has 0 aliphatic rings. The maximum absolute atomic E-state index is 5.45. The smallest absolute Gasteiger partial charge is 0.229 e. The molecular formula is C26H27N5O3. The van der Waals surface area contributed by atoms with Crippen LogP contribution in [-0.4, -0.2) is 42.8 Å². The summed E-state index contributed by atoms with van der Waals surface area (Å²) in [6.07, 6.45) is 7.67. The zero-order chi connectivity index (χ0) is 23.9. The van der Waals surface area contributed by atoms with Gasteiger partial charge in [-0.25, -0.2) is 4.98 Å². The largest absolute Gasteiger partial charge is 0.493 e. The number of anilines is 4. The molecule has 2 aromatic carbocycles. The van der Waals surface area contributed by atoms with E-state index in [2.05, 4.69) is 38.4 Å². The van der Waals surface area contributed by atoms with E-state index in [0.717, 1.165) is 22.4 Å². The lowest BCUT2D eigenvalue weighted by Gasteiger charge is -2.23. The van der Waals surface area contributed by atoms with Crippen molar-refractivity contribution in [3.8, 4) is 17.2 Å². The van der Waals surface area contributed by atoms with Crippen molar-refractivity contribution in [2.75, 3.05) is 38.1 Å². The van der Waals surface area contributed by atoms with E-state index in [1.54, 1.807) is 27.5 Å². The average molecular weight is 458 g/mol. The number of allylic oxidation sites excluding steroid dienone is 1. The van der Waals surface area contributed by atoms with Crippen LogP contribution in [0.2, 0.25) is 0 Å². The predicted molar refractivity (Wildman–Crippen MR) is 135 cm³/mol. The molecule has 2 heterocycles. The topological polar surface area (TPSA) is 81.6 Å². The first-order valence-electron chi connectivity index (χ1n) is 10.8. The molecule has 4 rings (SSSR count). The van der Waals surface area contributed by atoms with E-state index < -0.39 is 0 Å². The van der Waals surface area contributed by atoms with Crippen molar-refractivity contribution < 1.29 is 14.2 Å². The summed E-state index contributed by atoms with van der Waals surface area (Å²) in [5.74, 6) is 2.77. The summed E-state index contributed by atoms with van der Waals surface area (Å²) < 4.78 is 16.3. The Hall–Kier alpha value is -4.33. The Morgan fingerprint density at radius 2 is 1.71 bits per heavy atom. The molecule has 0 aliphatic carbocycles. The van der Waals surface area contributed by atoms with Crippen LogP contribution in [0.15, 0.2) is 73.1 Å². The number of hydrogen-bond donors (Lipinski definition) is 1. The van der Waals surface area contributed by atoms with E-state index in [1.807, 2.05) is 55.6 Å². The molecule has 0 unspecified atom stereocenters. The van der Waals surface area contributed by atoms with E-state index >= 15 is 0 Å². The Bertz CT molecular complexity index is 1280. The summed E-state index contributed by atoms with van der Waals surface area (Å²) in [7, 11) is 4.73. The fraction of sp³-hybridized carbons (Fsp3) is 0.192. The second-order valence-electron chi connectivity index (χ2n) is 7.34. The summed E-state index contributed by atoms with van der Waals surface area (Å²) in [5, 5.41) is 4.30. The van der Waals surface area contributed by atoms with E-state index in [9.17, 15) is 0 Å². The molecule has 0 saturated heterocycles. The normalized spacial score (nSPS) is 10.9. The van der Waals surface area contributed by atoms with Crippen LogP contribution in [0.25, 0.3) is 10.9 Å². The molecule has 0 spiro atoms. The molecule has 0 fully saturated rings. The van der Waals surface area contributed by atoms with Crippen LogP contribution in [0.1, 0.15) is 6.92 Å². The van der Waals surface area contributed by atoms with Crippen LogP contribution >= 0.6 is 0 Å². The highest BCUT2D eigenvalue weighted by Crippen LogP contribution is 2.40. The van der Waals surface area contributed by atoms with Gasteiger partial charge in [-0.2, -0.15) is 4.98 Å². The van der Waals surface area contributed by atoms with Gasteiger partial charge in [0.1, 0.15) is 5.82 Å². The summed E-state index contributed by atoms with van der Waals surface area (Å²) in [6, 6.07) is 15.6. The highest BCUT2D eigenvalue weighted by molar-refractivity contribution is 5.82. The van der Waals surface area contributed by atoms with Crippen LogP contribution in [0.3, 0.4) is 0 Å². The predicted octanol–water partition coefficient (Wildman–Crippen LogP) is 5.51. The molecule has 8 heteroatoms. The van der Waals surface area contributed by atoms with Gasteiger partial charge in [-0.3, -0.25) is 4.98 Å². The lowest BCUT2D eigenvalue weighted by molar-refractivity contribution is 0.324. The quantitative estimate of drug-likeness (QED) is 0.330. The molecule has 8 nitrogen and oxygen atoms in total. The number of fused-ring (bicyclic) bond motifs is 1. The number of hydrogen-bond acceptors (Lipinski definition) is 8. The molecule has 1 N–H and O–H groups in total. The molecular weight excluding hydrogens is 430 g/mol. The molecule has 0 radical (unpaired) electrons. The maximum Gasteiger partial charge on any atom is 0.229 e. The van der Waals surface area contributed by atoms with Crippen LogP contribution in [0.5, 0.6) is 17.2 Å². The number of pyridine rings is 1. The van der Waals surface area contributed by atoms with Gasteiger partial charge in [-0.1, -0.05) is 30.4 Å². The Balaban J connectivity index is 1.69. The fourth-order valence-electron chi connectivity index (χ4n) is 3.59. The minimum atomic E-state index is 0.436. The summed E-state index contributed by atoms with van der Waals surface area (Å²) in [6.45, 7) is 2.63. The molecule has 0 amide bonds. The van der Waals surface area contributed by atoms with Gasteiger partial charge in [0.05, 0.1) is 38.7 Å². The Labute approximate surface area is 198 Å². The molecule has 174 valence electrons. The average Bonchev–Trinajstić information content (AvgIpc) is 2.88. The highest BCUT2D eigenvalue weighted by Gasteiger charge is 2.15. The molecule has 0 atom stereocenters. The Morgan fingerprint density at radius 3 is 2.41 bits per heavy atom. The van der Waals surface area contributed by atoms with E-state index in [0.29, 0.717) is 35.4 Å². The molecule has 0 bridgehead atoms. The van der Waals surface area contributed by atoms with Crippen molar-refractivity contribution in [1.82, 2.24) is 15.0 Å². The van der Waals surface area contributed by atoms with E-state index in [-0.39, 0.29) is 0 Å². The summed E-state index contributed by atoms with van der Waals surface area (Å²) >= 11 is 0. The van der Waals surface area contributed by atoms with Gasteiger partial charge < -0.3 is 24.4 Å². The number of methoxy groups -OCH3 is 3. The molecule has 34 heavy (non-hydrogen) atoms. The van der Waals surface area contributed by atoms with Gasteiger partial charge in [0.2, 0.25) is 11.7 Å². The third kappa shape index (κ3) is 4.85. The van der Waals surface area contributed by atoms with Crippen molar-refractivity contribution in [3.63, 3.8) is 0 Å². The first kappa shape index (κ1) is 22.8. The standard InChI is InChI=1S/C26H27N5O3/c1-5-6-13-31(20-14-18-9-7-8-10-21(18)28-17-20)24-11-12-27-26(30-24)29-19-15-22(32-2)25(34-4)23(16-19)33-3/h5-12,14-17H,13H2,1-4H3,(H,27,29,30)/b6-5+. The maximum atomic E-state index is 5.45. The molecule has 0 aliphatic heterocycles. The van der Waals surface area contributed by atoms with Crippen LogP contribution in [0, 0.1) is 0 Å². The third-order valence-corrected chi connectivity index (χ3v) is 5.25. The third-order valence-electron chi connectivity index (χ3n) is 5.25. The van der Waals surface area contributed by atoms with Crippen LogP contribution in [-0.2, 0) is 0 Å². The highest BCUT2D eigenvalue weighted by atomic mass is 16.5. The fourth-order valence-corrected chi connectivity index (χ4v) is 3.59. The van der Waals surface area contributed by atoms with Crippen molar-refractivity contribution in [2.24, 2.45) is 0 Å². The Morgan fingerprint density at radius 1 is 0.941 bits per heavy atom. The van der Waals surface area contributed by atoms with Crippen molar-refractivity contribution in [2.45, 2.75) is 6.92 Å². The van der Waals surface area contributed by atoms with E-state index in [1.165, 1.54) is 0 Å². The number of aromatic nitrogens is 3. The summed E-state index contributed by atoms with van der Waals surface area (Å²) in [4.78, 5) is 15.9. The van der Waals surface area contributed by atoms with Crippen molar-refractivity contribution >= 4 is 34.0 Å². The van der Waals surface area contributed by atoms with Gasteiger partial charge in [-0.05, 0) is 25.1 Å². The lowest BCUT2D eigenvalue weighted by atomic mass is 10.2. The first-order chi connectivity index (χ1) is 16.7. The second-order valence-corrected chi connectivity index (χ2v) is 7.34. The number of ether oxygens (including phenoxy) is 3. The minimum absolute atomic E-state index is 0.436. The van der Waals surface area contributed by atoms with Gasteiger partial charge >= 0.3 is 0 Å². The number of benzene rings is 2. The molecule has 0 saturated carbocycles. The first-order valence-corrected chi connectivity index (χ1v) is 10.8. The van der Waals surface area contributed by atoms with Gasteiger partial charge in [0, 0.05) is 35.9 Å². The lowest BCUT2D eigenvalue weighted by Crippen LogP contribution is -2.19. The number of nitrogens with zero attached hydrogens (tertiary/aromatic N) is 4. The van der Waals surface area contributed by atoms with Gasteiger partial charge in [0.25, 0.3) is 0 Å². The number of rotatable bonds is 9. The monoisotopic (exact) mass is 457 g/mol. The molecule has 2 aromatic heterocycles. The zero-order valence-electron chi connectivity index (χ0n) is 19.6. The minimum Gasteiger partial charge on any atom is -0.493 e. The molecule has 4 aromatic rings. The SMILES string of the molecule is C/C=C/CN(c1cnc2ccccc2c1)c1ccnc(Nc2cc(OC)c(OC)c(OC)c2)n1. The van der Waals surface area contributed by atoms with Crippen LogP contribution < -0.4 is 24.4 Å².